The molecule has 0 saturated heterocycles. The van der Waals surface area contributed by atoms with Crippen LogP contribution in [0.15, 0.2) is 41.2 Å². The number of ether oxygens (including phenoxy) is 1. The molecule has 2 aromatic rings. The summed E-state index contributed by atoms with van der Waals surface area (Å²) in [6.45, 7) is 0. The molecule has 1 aromatic carbocycles. The number of carbonyl (C=O) groups excluding carboxylic acids is 1. The average Bonchev–Trinajstić information content (AvgIpc) is 2.83. The molecule has 0 radical (unpaired) electrons. The lowest BCUT2D eigenvalue weighted by atomic mass is 10.3. The largest absolute Gasteiger partial charge is 0.573 e. The van der Waals surface area contributed by atoms with Gasteiger partial charge in [-0.25, -0.2) is 0 Å². The van der Waals surface area contributed by atoms with Crippen LogP contribution in [-0.4, -0.2) is 17.4 Å². The molecule has 0 aliphatic carbocycles. The van der Waals surface area contributed by atoms with Crippen molar-refractivity contribution in [3.05, 3.63) is 42.3 Å². The molecular weight excluding hydrogens is 265 g/mol. The summed E-state index contributed by atoms with van der Waals surface area (Å²) < 4.78 is 44.0. The molecule has 0 unspecified atom stereocenters. The van der Waals surface area contributed by atoms with Crippen LogP contribution in [0.5, 0.6) is 5.75 Å². The number of nitrogens with zero attached hydrogens (tertiary/aromatic N) is 1. The van der Waals surface area contributed by atoms with Gasteiger partial charge in [-0.2, -0.15) is 0 Å². The fraction of sp³-hybridized carbons (Fsp3) is 0.0909. The summed E-state index contributed by atoms with van der Waals surface area (Å²) in [7, 11) is 0. The van der Waals surface area contributed by atoms with Crippen molar-refractivity contribution in [1.29, 1.82) is 0 Å². The second-order valence-electron chi connectivity index (χ2n) is 3.44. The van der Waals surface area contributed by atoms with Crippen molar-refractivity contribution in [2.24, 2.45) is 0 Å². The quantitative estimate of drug-likeness (QED) is 0.933. The summed E-state index contributed by atoms with van der Waals surface area (Å²) in [5, 5.41) is 5.82. The van der Waals surface area contributed by atoms with Crippen LogP contribution in [0.4, 0.5) is 18.9 Å². The minimum absolute atomic E-state index is 0.204. The average molecular weight is 272 g/mol. The van der Waals surface area contributed by atoms with Crippen molar-refractivity contribution in [3.8, 4) is 5.75 Å². The summed E-state index contributed by atoms with van der Waals surface area (Å²) in [6, 6.07) is 4.76. The maximum atomic E-state index is 11.9. The van der Waals surface area contributed by atoms with E-state index in [9.17, 15) is 18.0 Å². The highest BCUT2D eigenvalue weighted by molar-refractivity contribution is 6.03. The van der Waals surface area contributed by atoms with Gasteiger partial charge in [-0.1, -0.05) is 5.16 Å². The van der Waals surface area contributed by atoms with Gasteiger partial charge in [0.25, 0.3) is 5.91 Å². The third-order valence-corrected chi connectivity index (χ3v) is 2.04. The van der Waals surface area contributed by atoms with E-state index in [1.54, 1.807) is 0 Å². The van der Waals surface area contributed by atoms with Crippen LogP contribution >= 0.6 is 0 Å². The molecule has 2 rings (SSSR count). The van der Waals surface area contributed by atoms with Crippen LogP contribution in [-0.2, 0) is 0 Å². The fourth-order valence-electron chi connectivity index (χ4n) is 1.26. The lowest BCUT2D eigenvalue weighted by molar-refractivity contribution is -0.274. The zero-order valence-electron chi connectivity index (χ0n) is 9.27. The maximum Gasteiger partial charge on any atom is 0.573 e. The predicted molar refractivity (Wildman–Crippen MR) is 57.6 cm³/mol. The van der Waals surface area contributed by atoms with Crippen LogP contribution in [0.25, 0.3) is 0 Å². The van der Waals surface area contributed by atoms with Crippen molar-refractivity contribution < 1.29 is 27.2 Å². The van der Waals surface area contributed by atoms with Gasteiger partial charge in [0.05, 0.1) is 11.8 Å². The molecule has 0 bridgehead atoms. The van der Waals surface area contributed by atoms with E-state index in [2.05, 4.69) is 19.7 Å². The van der Waals surface area contributed by atoms with Crippen molar-refractivity contribution in [3.63, 3.8) is 0 Å². The Morgan fingerprint density at radius 1 is 1.26 bits per heavy atom. The third kappa shape index (κ3) is 3.73. The van der Waals surface area contributed by atoms with Crippen LogP contribution < -0.4 is 10.1 Å². The minimum atomic E-state index is -4.74. The van der Waals surface area contributed by atoms with E-state index in [1.165, 1.54) is 18.3 Å². The number of rotatable bonds is 3. The summed E-state index contributed by atoms with van der Waals surface area (Å²) in [5.74, 6) is -0.846. The van der Waals surface area contributed by atoms with Gasteiger partial charge >= 0.3 is 6.36 Å². The molecule has 1 aromatic heterocycles. The Balaban J connectivity index is 2.01. The number of halogens is 3. The van der Waals surface area contributed by atoms with Crippen molar-refractivity contribution in [1.82, 2.24) is 5.16 Å². The van der Waals surface area contributed by atoms with Gasteiger partial charge in [0, 0.05) is 5.69 Å². The number of hydrogen-bond donors (Lipinski definition) is 1. The van der Waals surface area contributed by atoms with E-state index < -0.39 is 12.3 Å². The Morgan fingerprint density at radius 3 is 2.47 bits per heavy atom. The number of alkyl halides is 3. The second-order valence-corrected chi connectivity index (χ2v) is 3.44. The van der Waals surface area contributed by atoms with Gasteiger partial charge < -0.3 is 14.6 Å². The third-order valence-electron chi connectivity index (χ3n) is 2.04. The van der Waals surface area contributed by atoms with E-state index in [0.29, 0.717) is 5.69 Å². The standard InChI is InChI=1S/C11H7F3N2O3/c12-11(13,14)19-9-3-1-8(2-4-9)16-10(17)7-5-15-18-6-7/h1-6H,(H,16,17). The van der Waals surface area contributed by atoms with Gasteiger partial charge in [-0.3, -0.25) is 4.79 Å². The molecule has 1 N–H and O–H groups in total. The number of amides is 1. The Bertz CT molecular complexity index is 550. The first-order valence-corrected chi connectivity index (χ1v) is 5.00. The molecule has 1 heterocycles. The highest BCUT2D eigenvalue weighted by Gasteiger charge is 2.30. The van der Waals surface area contributed by atoms with Crippen LogP contribution in [0, 0.1) is 0 Å². The molecule has 0 aliphatic heterocycles. The molecule has 1 amide bonds. The molecular formula is C11H7F3N2O3. The Morgan fingerprint density at radius 2 is 1.95 bits per heavy atom. The molecule has 0 fully saturated rings. The Hall–Kier alpha value is -2.51. The van der Waals surface area contributed by atoms with Gasteiger partial charge in [-0.15, -0.1) is 13.2 Å². The van der Waals surface area contributed by atoms with Gasteiger partial charge in [0.2, 0.25) is 0 Å². The zero-order valence-corrected chi connectivity index (χ0v) is 9.27. The number of nitrogens with one attached hydrogen (secondary N) is 1. The summed E-state index contributed by atoms with van der Waals surface area (Å²) in [4.78, 5) is 11.6. The Labute approximate surface area is 105 Å². The topological polar surface area (TPSA) is 64.4 Å². The number of anilines is 1. The van der Waals surface area contributed by atoms with Crippen LogP contribution in [0.3, 0.4) is 0 Å². The molecule has 100 valence electrons. The normalized spacial score (nSPS) is 11.1. The summed E-state index contributed by atoms with van der Waals surface area (Å²) in [5.41, 5.74) is 0.524. The first-order chi connectivity index (χ1) is 8.94. The van der Waals surface area contributed by atoms with Gasteiger partial charge in [0.15, 0.2) is 0 Å². The first-order valence-electron chi connectivity index (χ1n) is 5.00. The number of aromatic nitrogens is 1. The lowest BCUT2D eigenvalue weighted by Gasteiger charge is -2.09. The van der Waals surface area contributed by atoms with Gasteiger partial charge in [0.1, 0.15) is 12.0 Å². The smallest absolute Gasteiger partial charge is 0.406 e. The maximum absolute atomic E-state index is 11.9. The lowest BCUT2D eigenvalue weighted by Crippen LogP contribution is -2.17. The van der Waals surface area contributed by atoms with E-state index in [1.807, 2.05) is 0 Å². The number of hydrogen-bond acceptors (Lipinski definition) is 4. The van der Waals surface area contributed by atoms with Crippen LogP contribution in [0.2, 0.25) is 0 Å². The first kappa shape index (κ1) is 12.9. The molecule has 8 heteroatoms. The predicted octanol–water partition coefficient (Wildman–Crippen LogP) is 2.83. The zero-order chi connectivity index (χ0) is 13.9. The molecule has 0 atom stereocenters. The van der Waals surface area contributed by atoms with E-state index in [4.69, 9.17) is 0 Å². The minimum Gasteiger partial charge on any atom is -0.406 e. The second kappa shape index (κ2) is 5.01. The molecule has 0 aliphatic rings. The molecule has 5 nitrogen and oxygen atoms in total. The molecule has 0 saturated carbocycles. The fourth-order valence-corrected chi connectivity index (χ4v) is 1.26. The van der Waals surface area contributed by atoms with E-state index >= 15 is 0 Å². The van der Waals surface area contributed by atoms with E-state index in [-0.39, 0.29) is 11.3 Å². The molecule has 19 heavy (non-hydrogen) atoms. The van der Waals surface area contributed by atoms with E-state index in [0.717, 1.165) is 18.4 Å². The number of carbonyl (C=O) groups is 1. The van der Waals surface area contributed by atoms with Crippen molar-refractivity contribution in [2.45, 2.75) is 6.36 Å². The SMILES string of the molecule is O=C(Nc1ccc(OC(F)(F)F)cc1)c1cnoc1. The Kier molecular flexibility index (Phi) is 3.41. The summed E-state index contributed by atoms with van der Waals surface area (Å²) >= 11 is 0. The van der Waals surface area contributed by atoms with Crippen LogP contribution in [0.1, 0.15) is 10.4 Å². The summed E-state index contributed by atoms with van der Waals surface area (Å²) in [6.07, 6.45) is -2.37. The molecule has 0 spiro atoms. The van der Waals surface area contributed by atoms with Gasteiger partial charge in [-0.05, 0) is 24.3 Å². The number of benzene rings is 1. The van der Waals surface area contributed by atoms with Crippen molar-refractivity contribution in [2.75, 3.05) is 5.32 Å². The van der Waals surface area contributed by atoms with Crippen molar-refractivity contribution >= 4 is 11.6 Å². The highest BCUT2D eigenvalue weighted by Crippen LogP contribution is 2.24. The monoisotopic (exact) mass is 272 g/mol. The highest BCUT2D eigenvalue weighted by atomic mass is 19.4.